The highest BCUT2D eigenvalue weighted by atomic mass is 32.1. The Labute approximate surface area is 122 Å². The molecule has 1 aromatic carbocycles. The minimum atomic E-state index is -0.711. The Morgan fingerprint density at radius 2 is 2.33 bits per heavy atom. The number of aromatic nitrogens is 1. The van der Waals surface area contributed by atoms with Gasteiger partial charge in [0.2, 0.25) is 5.75 Å². The molecule has 9 heteroatoms. The quantitative estimate of drug-likeness (QED) is 0.676. The van der Waals surface area contributed by atoms with Crippen LogP contribution in [0.1, 0.15) is 5.69 Å². The number of nitrogens with zero attached hydrogens (tertiary/aromatic N) is 2. The van der Waals surface area contributed by atoms with Crippen LogP contribution in [-0.4, -0.2) is 22.4 Å². The molecule has 1 N–H and O–H groups in total. The zero-order chi connectivity index (χ0) is 15.4. The van der Waals surface area contributed by atoms with Gasteiger partial charge in [-0.05, 0) is 13.0 Å². The van der Waals surface area contributed by atoms with Crippen LogP contribution in [0.3, 0.4) is 0 Å². The Kier molecular flexibility index (Phi) is 4.43. The van der Waals surface area contributed by atoms with Gasteiger partial charge in [-0.15, -0.1) is 11.3 Å². The highest BCUT2D eigenvalue weighted by Crippen LogP contribution is 2.27. The van der Waals surface area contributed by atoms with Crippen LogP contribution >= 0.6 is 11.3 Å². The maximum Gasteiger partial charge on any atom is 0.311 e. The lowest BCUT2D eigenvalue weighted by Gasteiger charge is -2.06. The number of halogens is 1. The second kappa shape index (κ2) is 6.27. The molecule has 1 aromatic heterocycles. The summed E-state index contributed by atoms with van der Waals surface area (Å²) in [5.41, 5.74) is 0.353. The molecule has 0 aliphatic rings. The van der Waals surface area contributed by atoms with Crippen molar-refractivity contribution in [2.24, 2.45) is 0 Å². The largest absolute Gasteiger partial charge is 0.477 e. The Hall–Kier alpha value is -2.55. The molecule has 110 valence electrons. The summed E-state index contributed by atoms with van der Waals surface area (Å²) in [5.74, 6) is -1.53. The van der Waals surface area contributed by atoms with Gasteiger partial charge in [0, 0.05) is 17.5 Å². The van der Waals surface area contributed by atoms with Gasteiger partial charge < -0.3 is 4.74 Å². The van der Waals surface area contributed by atoms with Crippen molar-refractivity contribution in [1.82, 2.24) is 4.98 Å². The Morgan fingerprint density at radius 3 is 2.95 bits per heavy atom. The number of anilines is 1. The van der Waals surface area contributed by atoms with E-state index in [1.54, 1.807) is 12.3 Å². The minimum absolute atomic E-state index is 0.300. The molecule has 0 bridgehead atoms. The molecule has 0 saturated heterocycles. The Morgan fingerprint density at radius 1 is 1.57 bits per heavy atom. The number of benzene rings is 1. The first kappa shape index (κ1) is 14.9. The maximum absolute atomic E-state index is 13.1. The molecule has 2 rings (SSSR count). The summed E-state index contributed by atoms with van der Waals surface area (Å²) in [6.07, 6.45) is 0. The van der Waals surface area contributed by atoms with Crippen LogP contribution in [-0.2, 0) is 4.79 Å². The number of hydrogen-bond acceptors (Lipinski definition) is 6. The van der Waals surface area contributed by atoms with Crippen LogP contribution in [0.2, 0.25) is 0 Å². The summed E-state index contributed by atoms with van der Waals surface area (Å²) < 4.78 is 18.1. The van der Waals surface area contributed by atoms with Gasteiger partial charge in [-0.1, -0.05) is 0 Å². The van der Waals surface area contributed by atoms with Crippen molar-refractivity contribution in [3.63, 3.8) is 0 Å². The summed E-state index contributed by atoms with van der Waals surface area (Å²) in [6.45, 7) is 1.29. The smallest absolute Gasteiger partial charge is 0.311 e. The van der Waals surface area contributed by atoms with Crippen LogP contribution in [0, 0.1) is 22.9 Å². The second-order valence-corrected chi connectivity index (χ2v) is 4.86. The lowest BCUT2D eigenvalue weighted by atomic mass is 10.3. The number of thiazole rings is 1. The number of nitro groups is 1. The van der Waals surface area contributed by atoms with Crippen LogP contribution < -0.4 is 10.1 Å². The third-order valence-corrected chi connectivity index (χ3v) is 3.22. The van der Waals surface area contributed by atoms with E-state index in [1.807, 2.05) is 0 Å². The fraction of sp³-hybridized carbons (Fsp3) is 0.167. The van der Waals surface area contributed by atoms with Crippen molar-refractivity contribution in [2.75, 3.05) is 11.9 Å². The first-order valence-electron chi connectivity index (χ1n) is 5.74. The standard InChI is InChI=1S/C12H10FN3O4S/c1-7-6-21-12(14-7)15-11(17)5-20-10-4-8(13)2-3-9(10)16(18)19/h2-4,6H,5H2,1H3,(H,14,15,17). The maximum atomic E-state index is 13.1. The van der Waals surface area contributed by atoms with Gasteiger partial charge in [-0.2, -0.15) is 0 Å². The summed E-state index contributed by atoms with van der Waals surface area (Å²) in [6, 6.07) is 2.79. The number of nitro benzene ring substituents is 1. The van der Waals surface area contributed by atoms with Gasteiger partial charge in [0.1, 0.15) is 5.82 Å². The topological polar surface area (TPSA) is 94.4 Å². The van der Waals surface area contributed by atoms with E-state index in [2.05, 4.69) is 10.3 Å². The average molecular weight is 311 g/mol. The van der Waals surface area contributed by atoms with Gasteiger partial charge in [0.25, 0.3) is 5.91 Å². The van der Waals surface area contributed by atoms with Crippen LogP contribution in [0.4, 0.5) is 15.2 Å². The molecule has 0 fully saturated rings. The van der Waals surface area contributed by atoms with Crippen molar-refractivity contribution in [3.05, 3.63) is 45.2 Å². The summed E-state index contributed by atoms with van der Waals surface area (Å²) >= 11 is 1.24. The van der Waals surface area contributed by atoms with Gasteiger partial charge >= 0.3 is 5.69 Å². The van der Waals surface area contributed by atoms with E-state index in [4.69, 9.17) is 4.74 Å². The van der Waals surface area contributed by atoms with E-state index in [-0.39, 0.29) is 5.75 Å². The van der Waals surface area contributed by atoms with E-state index in [1.165, 1.54) is 11.3 Å². The fourth-order valence-corrected chi connectivity index (χ4v) is 2.17. The number of carbonyl (C=O) groups excluding carboxylic acids is 1. The first-order chi connectivity index (χ1) is 9.95. The monoisotopic (exact) mass is 311 g/mol. The number of nitrogens with one attached hydrogen (secondary N) is 1. The van der Waals surface area contributed by atoms with Crippen LogP contribution in [0.5, 0.6) is 5.75 Å². The summed E-state index contributed by atoms with van der Waals surface area (Å²) in [4.78, 5) is 25.7. The lowest BCUT2D eigenvalue weighted by Crippen LogP contribution is -2.20. The number of carbonyl (C=O) groups is 1. The highest BCUT2D eigenvalue weighted by molar-refractivity contribution is 7.13. The molecule has 0 aliphatic heterocycles. The molecule has 0 radical (unpaired) electrons. The molecule has 7 nitrogen and oxygen atoms in total. The SMILES string of the molecule is Cc1csc(NC(=O)COc2cc(F)ccc2[N+](=O)[O-])n1. The normalized spacial score (nSPS) is 10.2. The van der Waals surface area contributed by atoms with Gasteiger partial charge in [0.15, 0.2) is 11.7 Å². The molecule has 0 unspecified atom stereocenters. The van der Waals surface area contributed by atoms with E-state index in [9.17, 15) is 19.3 Å². The number of amides is 1. The number of rotatable bonds is 5. The third kappa shape index (κ3) is 3.96. The summed E-state index contributed by atoms with van der Waals surface area (Å²) in [7, 11) is 0. The molecular formula is C12H10FN3O4S. The van der Waals surface area contributed by atoms with Crippen LogP contribution in [0.25, 0.3) is 0 Å². The average Bonchev–Trinajstić information content (AvgIpc) is 2.81. The predicted molar refractivity (Wildman–Crippen MR) is 74.0 cm³/mol. The number of ether oxygens (including phenoxy) is 1. The molecule has 1 amide bonds. The van der Waals surface area contributed by atoms with Gasteiger partial charge in [-0.25, -0.2) is 9.37 Å². The third-order valence-electron chi connectivity index (χ3n) is 2.34. The summed E-state index contributed by atoms with van der Waals surface area (Å²) in [5, 5.41) is 15.4. The number of aryl methyl sites for hydroxylation is 1. The highest BCUT2D eigenvalue weighted by Gasteiger charge is 2.17. The van der Waals surface area contributed by atoms with Crippen LogP contribution in [0.15, 0.2) is 23.6 Å². The second-order valence-electron chi connectivity index (χ2n) is 4.00. The van der Waals surface area contributed by atoms with Crippen molar-refractivity contribution in [1.29, 1.82) is 0 Å². The van der Waals surface area contributed by atoms with Gasteiger partial charge in [0.05, 0.1) is 10.6 Å². The molecule has 0 aliphatic carbocycles. The molecule has 1 heterocycles. The van der Waals surface area contributed by atoms with Gasteiger partial charge in [-0.3, -0.25) is 20.2 Å². The molecule has 21 heavy (non-hydrogen) atoms. The van der Waals surface area contributed by atoms with Crippen molar-refractivity contribution in [2.45, 2.75) is 6.92 Å². The van der Waals surface area contributed by atoms with E-state index in [0.29, 0.717) is 5.13 Å². The zero-order valence-electron chi connectivity index (χ0n) is 10.8. The van der Waals surface area contributed by atoms with E-state index in [0.717, 1.165) is 23.9 Å². The number of hydrogen-bond donors (Lipinski definition) is 1. The van der Waals surface area contributed by atoms with Crippen molar-refractivity contribution in [3.8, 4) is 5.75 Å². The minimum Gasteiger partial charge on any atom is -0.477 e. The predicted octanol–water partition coefficient (Wildman–Crippen LogP) is 2.52. The zero-order valence-corrected chi connectivity index (χ0v) is 11.6. The van der Waals surface area contributed by atoms with Crippen molar-refractivity contribution >= 4 is 28.1 Å². The first-order valence-corrected chi connectivity index (χ1v) is 6.62. The molecular weight excluding hydrogens is 301 g/mol. The molecule has 0 saturated carbocycles. The Balaban J connectivity index is 2.00. The van der Waals surface area contributed by atoms with E-state index < -0.39 is 28.9 Å². The fourth-order valence-electron chi connectivity index (χ4n) is 1.46. The molecule has 0 atom stereocenters. The van der Waals surface area contributed by atoms with E-state index >= 15 is 0 Å². The molecule has 0 spiro atoms. The van der Waals surface area contributed by atoms with Crippen molar-refractivity contribution < 1.29 is 18.8 Å². The molecule has 2 aromatic rings. The lowest BCUT2D eigenvalue weighted by molar-refractivity contribution is -0.385. The Bertz CT molecular complexity index is 689.